The third kappa shape index (κ3) is 1.86. The maximum absolute atomic E-state index is 8.76. The van der Waals surface area contributed by atoms with Crippen LogP contribution in [0, 0.1) is 23.2 Å². The first kappa shape index (κ1) is 9.02. The Morgan fingerprint density at radius 1 is 1.38 bits per heavy atom. The highest BCUT2D eigenvalue weighted by atomic mass is 15.2. The minimum atomic E-state index is 0.208. The van der Waals surface area contributed by atoms with Crippen LogP contribution in [-0.4, -0.2) is 24.0 Å². The molecule has 1 saturated carbocycles. The van der Waals surface area contributed by atoms with Crippen LogP contribution in [0.15, 0.2) is 0 Å². The van der Waals surface area contributed by atoms with Gasteiger partial charge in [0.2, 0.25) is 0 Å². The largest absolute Gasteiger partial charge is 0.299 e. The van der Waals surface area contributed by atoms with Gasteiger partial charge in [0.1, 0.15) is 0 Å². The molecule has 3 aliphatic rings. The van der Waals surface area contributed by atoms with Crippen LogP contribution in [0.5, 0.6) is 0 Å². The van der Waals surface area contributed by atoms with Gasteiger partial charge in [-0.1, -0.05) is 0 Å². The molecule has 0 amide bonds. The minimum absolute atomic E-state index is 0.208. The molecular weight excluding hydrogens is 160 g/mol. The normalized spacial score (nSPS) is 35.7. The van der Waals surface area contributed by atoms with Gasteiger partial charge in [-0.2, -0.15) is 5.26 Å². The maximum Gasteiger partial charge on any atom is 0.0666 e. The molecule has 72 valence electrons. The van der Waals surface area contributed by atoms with Crippen LogP contribution in [0.2, 0.25) is 0 Å². The van der Waals surface area contributed by atoms with Crippen molar-refractivity contribution in [2.45, 2.75) is 38.6 Å². The van der Waals surface area contributed by atoms with E-state index in [2.05, 4.69) is 11.0 Å². The van der Waals surface area contributed by atoms with Crippen molar-refractivity contribution in [1.29, 1.82) is 5.26 Å². The molecular formula is C11H18N2. The molecule has 13 heavy (non-hydrogen) atoms. The summed E-state index contributed by atoms with van der Waals surface area (Å²) in [5.41, 5.74) is 0. The van der Waals surface area contributed by atoms with E-state index < -0.39 is 0 Å². The fourth-order valence-corrected chi connectivity index (χ4v) is 2.79. The number of fused-ring (bicyclic) bond motifs is 3. The van der Waals surface area contributed by atoms with Gasteiger partial charge in [-0.25, -0.2) is 0 Å². The summed E-state index contributed by atoms with van der Waals surface area (Å²) >= 11 is 0. The van der Waals surface area contributed by atoms with E-state index in [0.717, 1.165) is 18.5 Å². The molecule has 0 radical (unpaired) electrons. The molecule has 0 aromatic heterocycles. The van der Waals surface area contributed by atoms with E-state index in [4.69, 9.17) is 5.26 Å². The van der Waals surface area contributed by atoms with E-state index in [1.165, 1.54) is 32.2 Å². The van der Waals surface area contributed by atoms with E-state index in [0.29, 0.717) is 0 Å². The van der Waals surface area contributed by atoms with Gasteiger partial charge in [-0.15, -0.1) is 0 Å². The molecule has 2 nitrogen and oxygen atoms in total. The third-order valence-corrected chi connectivity index (χ3v) is 3.55. The average Bonchev–Trinajstić information content (AvgIpc) is 2.19. The first-order valence-corrected chi connectivity index (χ1v) is 5.43. The Morgan fingerprint density at radius 3 is 2.54 bits per heavy atom. The fraction of sp³-hybridized carbons (Fsp3) is 0.909. The van der Waals surface area contributed by atoms with Crippen molar-refractivity contribution in [2.75, 3.05) is 13.1 Å². The van der Waals surface area contributed by atoms with E-state index in [1.54, 1.807) is 0 Å². The van der Waals surface area contributed by atoms with Crippen LogP contribution in [0.3, 0.4) is 0 Å². The van der Waals surface area contributed by atoms with E-state index in [9.17, 15) is 0 Å². The lowest BCUT2D eigenvalue weighted by Crippen LogP contribution is -2.49. The molecule has 0 spiro atoms. The summed E-state index contributed by atoms with van der Waals surface area (Å²) in [4.78, 5) is 2.55. The summed E-state index contributed by atoms with van der Waals surface area (Å²) in [6, 6.07) is 3.14. The molecule has 2 aliphatic heterocycles. The molecule has 0 aromatic carbocycles. The summed E-state index contributed by atoms with van der Waals surface area (Å²) < 4.78 is 0. The molecule has 0 N–H and O–H groups in total. The third-order valence-electron chi connectivity index (χ3n) is 3.55. The lowest BCUT2D eigenvalue weighted by molar-refractivity contribution is 0.0433. The second-order valence-corrected chi connectivity index (χ2v) is 4.66. The summed E-state index contributed by atoms with van der Waals surface area (Å²) in [6.07, 6.45) is 5.62. The molecule has 2 bridgehead atoms. The van der Waals surface area contributed by atoms with Crippen molar-refractivity contribution in [3.8, 4) is 6.07 Å². The zero-order valence-electron chi connectivity index (χ0n) is 8.37. The number of hydrogen-bond acceptors (Lipinski definition) is 2. The number of hydrogen-bond donors (Lipinski definition) is 0. The molecule has 2 heteroatoms. The number of piperidine rings is 2. The van der Waals surface area contributed by atoms with Gasteiger partial charge < -0.3 is 0 Å². The van der Waals surface area contributed by atoms with Crippen molar-refractivity contribution < 1.29 is 0 Å². The summed E-state index contributed by atoms with van der Waals surface area (Å²) in [6.45, 7) is 4.29. The van der Waals surface area contributed by atoms with Crippen LogP contribution < -0.4 is 0 Å². The molecule has 1 aliphatic carbocycles. The first-order chi connectivity index (χ1) is 6.29. The lowest BCUT2D eigenvalue weighted by Gasteiger charge is -2.45. The SMILES string of the molecule is CC(C#N)CN1CC2CCC1CC2. The van der Waals surface area contributed by atoms with Crippen molar-refractivity contribution in [2.24, 2.45) is 11.8 Å². The van der Waals surface area contributed by atoms with Gasteiger partial charge in [-0.05, 0) is 38.5 Å². The van der Waals surface area contributed by atoms with Crippen molar-refractivity contribution in [3.63, 3.8) is 0 Å². The second kappa shape index (κ2) is 3.67. The Morgan fingerprint density at radius 2 is 2.08 bits per heavy atom. The predicted molar refractivity (Wildman–Crippen MR) is 52.1 cm³/mol. The monoisotopic (exact) mass is 178 g/mol. The van der Waals surface area contributed by atoms with Crippen molar-refractivity contribution in [1.82, 2.24) is 4.90 Å². The van der Waals surface area contributed by atoms with Crippen LogP contribution >= 0.6 is 0 Å². The van der Waals surface area contributed by atoms with Crippen LogP contribution in [0.25, 0.3) is 0 Å². The van der Waals surface area contributed by atoms with Crippen LogP contribution in [0.4, 0.5) is 0 Å². The van der Waals surface area contributed by atoms with Gasteiger partial charge in [0, 0.05) is 19.1 Å². The zero-order chi connectivity index (χ0) is 9.26. The number of nitriles is 1. The standard InChI is InChI=1S/C11H18N2/c1-9(6-12)7-13-8-10-2-4-11(13)5-3-10/h9-11H,2-5,7-8H2,1H3. The molecule has 1 atom stereocenters. The molecule has 1 unspecified atom stereocenters. The zero-order valence-corrected chi connectivity index (χ0v) is 8.37. The van der Waals surface area contributed by atoms with Gasteiger partial charge >= 0.3 is 0 Å². The van der Waals surface area contributed by atoms with E-state index in [-0.39, 0.29) is 5.92 Å². The summed E-state index contributed by atoms with van der Waals surface area (Å²) in [5, 5.41) is 8.76. The number of rotatable bonds is 2. The molecule has 2 saturated heterocycles. The smallest absolute Gasteiger partial charge is 0.0666 e. The average molecular weight is 178 g/mol. The van der Waals surface area contributed by atoms with Gasteiger partial charge in [-0.3, -0.25) is 4.90 Å². The number of nitrogens with zero attached hydrogens (tertiary/aromatic N) is 2. The van der Waals surface area contributed by atoms with Crippen molar-refractivity contribution in [3.05, 3.63) is 0 Å². The Kier molecular flexibility index (Phi) is 2.55. The Hall–Kier alpha value is -0.550. The van der Waals surface area contributed by atoms with Gasteiger partial charge in [0.25, 0.3) is 0 Å². The quantitative estimate of drug-likeness (QED) is 0.647. The topological polar surface area (TPSA) is 27.0 Å². The minimum Gasteiger partial charge on any atom is -0.299 e. The highest BCUT2D eigenvalue weighted by molar-refractivity contribution is 4.91. The maximum atomic E-state index is 8.76. The summed E-state index contributed by atoms with van der Waals surface area (Å²) in [5.74, 6) is 1.15. The van der Waals surface area contributed by atoms with E-state index >= 15 is 0 Å². The molecule has 2 heterocycles. The fourth-order valence-electron chi connectivity index (χ4n) is 2.79. The first-order valence-electron chi connectivity index (χ1n) is 5.43. The Balaban J connectivity index is 1.90. The molecule has 3 fully saturated rings. The van der Waals surface area contributed by atoms with Gasteiger partial charge in [0.15, 0.2) is 0 Å². The summed E-state index contributed by atoms with van der Waals surface area (Å²) in [7, 11) is 0. The molecule has 3 rings (SSSR count). The Labute approximate surface area is 80.5 Å². The van der Waals surface area contributed by atoms with Gasteiger partial charge in [0.05, 0.1) is 12.0 Å². The highest BCUT2D eigenvalue weighted by Crippen LogP contribution is 2.34. The predicted octanol–water partition coefficient (Wildman–Crippen LogP) is 2.02. The molecule has 0 aromatic rings. The van der Waals surface area contributed by atoms with Crippen LogP contribution in [0.1, 0.15) is 32.6 Å². The van der Waals surface area contributed by atoms with Crippen LogP contribution in [-0.2, 0) is 0 Å². The lowest BCUT2D eigenvalue weighted by atomic mass is 9.79. The van der Waals surface area contributed by atoms with E-state index in [1.807, 2.05) is 6.92 Å². The second-order valence-electron chi connectivity index (χ2n) is 4.66. The van der Waals surface area contributed by atoms with Crippen molar-refractivity contribution >= 4 is 0 Å². The highest BCUT2D eigenvalue weighted by Gasteiger charge is 2.33. The Bertz CT molecular complexity index is 211.